The second-order valence-corrected chi connectivity index (χ2v) is 15.8. The maximum absolute atomic E-state index is 10.4. The Balaban J connectivity index is 1.74. The zero-order chi connectivity index (χ0) is 37.2. The van der Waals surface area contributed by atoms with Gasteiger partial charge in [0.15, 0.2) is 34.5 Å². The monoisotopic (exact) mass is 690 g/mol. The van der Waals surface area contributed by atoms with Crippen molar-refractivity contribution in [1.82, 2.24) is 9.80 Å². The molecule has 2 aliphatic carbocycles. The fourth-order valence-corrected chi connectivity index (χ4v) is 9.61. The number of benzene rings is 3. The van der Waals surface area contributed by atoms with Crippen LogP contribution in [-0.4, -0.2) is 50.2 Å². The molecule has 1 spiro atoms. The maximum Gasteiger partial charge on any atom is 0.189 e. The number of fused-ring (bicyclic) bond motifs is 6. The number of hydrogen-bond donors (Lipinski definition) is 0. The standard InChI is InChI=1S/C43H54N4O4/c1-13-46(14-2)21-29-35-31(17-33(48-11)37(29)49-12)41(7,8)23-43(35)24-42(9,10)32-18-34-38(30(36(32)43)22-47(15-3)16-4)51-40-28(20-45)26(6)25(5)27(19-44)39(40)50-34/h17-18H,13-16,21-24H2,1-12H3. The highest BCUT2D eigenvalue weighted by molar-refractivity contribution is 5.75. The predicted octanol–water partition coefficient (Wildman–Crippen LogP) is 9.29. The van der Waals surface area contributed by atoms with E-state index in [0.717, 1.165) is 73.8 Å². The Morgan fingerprint density at radius 1 is 0.686 bits per heavy atom. The van der Waals surface area contributed by atoms with E-state index in [4.69, 9.17) is 18.9 Å². The molecule has 8 nitrogen and oxygen atoms in total. The second kappa shape index (κ2) is 13.1. The summed E-state index contributed by atoms with van der Waals surface area (Å²) in [5.41, 5.74) is 9.00. The van der Waals surface area contributed by atoms with Crippen LogP contribution in [0.25, 0.3) is 0 Å². The highest BCUT2D eigenvalue weighted by atomic mass is 16.6. The molecular formula is C43H54N4O4. The van der Waals surface area contributed by atoms with Crippen LogP contribution >= 0.6 is 0 Å². The van der Waals surface area contributed by atoms with E-state index in [1.807, 2.05) is 13.8 Å². The fraction of sp³-hybridized carbons (Fsp3) is 0.535. The lowest BCUT2D eigenvalue weighted by Crippen LogP contribution is -2.32. The first-order valence-corrected chi connectivity index (χ1v) is 18.5. The van der Waals surface area contributed by atoms with Gasteiger partial charge in [-0.25, -0.2) is 0 Å². The van der Waals surface area contributed by atoms with Gasteiger partial charge in [0, 0.05) is 29.6 Å². The summed E-state index contributed by atoms with van der Waals surface area (Å²) in [5.74, 6) is 3.48. The largest absolute Gasteiger partial charge is 0.493 e. The van der Waals surface area contributed by atoms with Gasteiger partial charge in [-0.2, -0.15) is 10.5 Å². The lowest BCUT2D eigenvalue weighted by Gasteiger charge is -2.36. The van der Waals surface area contributed by atoms with Gasteiger partial charge in [0.05, 0.1) is 14.2 Å². The van der Waals surface area contributed by atoms with Gasteiger partial charge in [0.1, 0.15) is 23.3 Å². The Hall–Kier alpha value is -4.24. The van der Waals surface area contributed by atoms with Crippen LogP contribution in [0.4, 0.5) is 0 Å². The summed E-state index contributed by atoms with van der Waals surface area (Å²) < 4.78 is 26.0. The maximum atomic E-state index is 10.4. The van der Waals surface area contributed by atoms with Crippen molar-refractivity contribution in [2.45, 2.75) is 111 Å². The van der Waals surface area contributed by atoms with E-state index >= 15 is 0 Å². The normalized spacial score (nSPS) is 18.7. The first kappa shape index (κ1) is 36.5. The summed E-state index contributed by atoms with van der Waals surface area (Å²) in [4.78, 5) is 4.88. The van der Waals surface area contributed by atoms with Crippen molar-refractivity contribution >= 4 is 0 Å². The molecule has 270 valence electrons. The lowest BCUT2D eigenvalue weighted by atomic mass is 9.70. The average Bonchev–Trinajstić information content (AvgIpc) is 3.47. The summed E-state index contributed by atoms with van der Waals surface area (Å²) in [6.07, 6.45) is 1.81. The molecule has 0 aromatic heterocycles. The minimum absolute atomic E-state index is 0.165. The third kappa shape index (κ3) is 5.37. The number of ether oxygens (including phenoxy) is 4. The van der Waals surface area contributed by atoms with E-state index < -0.39 is 0 Å². The van der Waals surface area contributed by atoms with Gasteiger partial charge in [-0.3, -0.25) is 9.80 Å². The van der Waals surface area contributed by atoms with Crippen LogP contribution in [0.2, 0.25) is 0 Å². The molecular weight excluding hydrogens is 636 g/mol. The van der Waals surface area contributed by atoms with E-state index in [0.29, 0.717) is 40.7 Å². The van der Waals surface area contributed by atoms with Gasteiger partial charge in [0.25, 0.3) is 0 Å². The number of hydrogen-bond acceptors (Lipinski definition) is 8. The van der Waals surface area contributed by atoms with E-state index in [-0.39, 0.29) is 16.2 Å². The fourth-order valence-electron chi connectivity index (χ4n) is 9.61. The molecule has 1 aliphatic heterocycles. The van der Waals surface area contributed by atoms with Gasteiger partial charge in [0.2, 0.25) is 0 Å². The lowest BCUT2D eigenvalue weighted by molar-refractivity contribution is 0.277. The minimum Gasteiger partial charge on any atom is -0.493 e. The van der Waals surface area contributed by atoms with Gasteiger partial charge < -0.3 is 18.9 Å². The van der Waals surface area contributed by atoms with Gasteiger partial charge in [-0.15, -0.1) is 0 Å². The number of nitriles is 2. The zero-order valence-corrected chi connectivity index (χ0v) is 32.7. The first-order chi connectivity index (χ1) is 24.2. The minimum atomic E-state index is -0.361. The molecule has 1 heterocycles. The molecule has 0 amide bonds. The average molecular weight is 691 g/mol. The van der Waals surface area contributed by atoms with Crippen LogP contribution in [0.15, 0.2) is 12.1 Å². The predicted molar refractivity (Wildman–Crippen MR) is 201 cm³/mol. The second-order valence-electron chi connectivity index (χ2n) is 15.8. The molecule has 6 rings (SSSR count). The van der Waals surface area contributed by atoms with Crippen LogP contribution in [0.5, 0.6) is 34.5 Å². The van der Waals surface area contributed by atoms with Crippen LogP contribution in [0.3, 0.4) is 0 Å². The summed E-state index contributed by atoms with van der Waals surface area (Å²) in [6.45, 7) is 26.9. The van der Waals surface area contributed by atoms with E-state index in [1.165, 1.54) is 27.8 Å². The first-order valence-electron chi connectivity index (χ1n) is 18.5. The number of methoxy groups -OCH3 is 2. The van der Waals surface area contributed by atoms with Gasteiger partial charge >= 0.3 is 0 Å². The zero-order valence-electron chi connectivity index (χ0n) is 32.7. The Kier molecular flexibility index (Phi) is 9.36. The van der Waals surface area contributed by atoms with E-state index in [2.05, 4.69) is 89.5 Å². The molecule has 51 heavy (non-hydrogen) atoms. The SMILES string of the molecule is CCN(CC)Cc1c(OC)c(OC)cc2c1C1(CC2(C)C)CC(C)(C)c2cc3c(c(CN(CC)CC)c21)Oc1c(C#N)c(C)c(C)c(C#N)c1O3. The van der Waals surface area contributed by atoms with Crippen molar-refractivity contribution in [2.75, 3.05) is 40.4 Å². The number of rotatable bonds is 10. The molecule has 3 aromatic rings. The molecule has 0 N–H and O–H groups in total. The molecule has 0 saturated carbocycles. The highest BCUT2D eigenvalue weighted by Gasteiger charge is 2.59. The summed E-state index contributed by atoms with van der Waals surface area (Å²) in [5, 5.41) is 20.7. The Morgan fingerprint density at radius 2 is 1.16 bits per heavy atom. The van der Waals surface area contributed by atoms with Crippen LogP contribution in [0.1, 0.15) is 124 Å². The van der Waals surface area contributed by atoms with E-state index in [9.17, 15) is 10.5 Å². The Labute approximate surface area is 304 Å². The van der Waals surface area contributed by atoms with Crippen molar-refractivity contribution < 1.29 is 18.9 Å². The number of nitrogens with zero attached hydrogens (tertiary/aromatic N) is 4. The molecule has 0 bridgehead atoms. The molecule has 3 aromatic carbocycles. The van der Waals surface area contributed by atoms with Gasteiger partial charge in [-0.1, -0.05) is 55.4 Å². The Morgan fingerprint density at radius 3 is 1.63 bits per heavy atom. The highest BCUT2D eigenvalue weighted by Crippen LogP contribution is 2.68. The van der Waals surface area contributed by atoms with Crippen LogP contribution < -0.4 is 18.9 Å². The Bertz CT molecular complexity index is 1990. The van der Waals surface area contributed by atoms with Crippen molar-refractivity contribution in [3.05, 3.63) is 67.8 Å². The molecule has 0 saturated heterocycles. The summed E-state index contributed by atoms with van der Waals surface area (Å²) >= 11 is 0. The van der Waals surface area contributed by atoms with E-state index in [1.54, 1.807) is 14.2 Å². The molecule has 1 atom stereocenters. The molecule has 1 unspecified atom stereocenters. The van der Waals surface area contributed by atoms with Crippen molar-refractivity contribution in [3.63, 3.8) is 0 Å². The molecule has 0 radical (unpaired) electrons. The third-order valence-corrected chi connectivity index (χ3v) is 12.2. The molecule has 8 heteroatoms. The topological polar surface area (TPSA) is 91.0 Å². The van der Waals surface area contributed by atoms with Crippen molar-refractivity contribution in [3.8, 4) is 46.6 Å². The summed E-state index contributed by atoms with van der Waals surface area (Å²) in [7, 11) is 3.49. The van der Waals surface area contributed by atoms with Crippen LogP contribution in [-0.2, 0) is 29.3 Å². The quantitative estimate of drug-likeness (QED) is 0.163. The van der Waals surface area contributed by atoms with Gasteiger partial charge in [-0.05, 0) is 109 Å². The molecule has 0 fully saturated rings. The summed E-state index contributed by atoms with van der Waals surface area (Å²) in [6, 6.07) is 9.11. The van der Waals surface area contributed by atoms with Crippen molar-refractivity contribution in [2.24, 2.45) is 0 Å². The van der Waals surface area contributed by atoms with Crippen molar-refractivity contribution in [1.29, 1.82) is 10.5 Å². The van der Waals surface area contributed by atoms with Crippen LogP contribution in [0, 0.1) is 36.5 Å². The molecule has 3 aliphatic rings. The third-order valence-electron chi connectivity index (χ3n) is 12.2. The smallest absolute Gasteiger partial charge is 0.189 e.